The van der Waals surface area contributed by atoms with Crippen molar-refractivity contribution in [3.05, 3.63) is 56.4 Å². The molecule has 1 aromatic carbocycles. The van der Waals surface area contributed by atoms with E-state index in [9.17, 15) is 14.4 Å². The van der Waals surface area contributed by atoms with Gasteiger partial charge in [0.15, 0.2) is 5.78 Å². The second-order valence-corrected chi connectivity index (χ2v) is 5.20. The second-order valence-electron chi connectivity index (χ2n) is 4.42. The molecule has 0 saturated carbocycles. The molecular weight excluding hydrogens is 329 g/mol. The number of hydrogen-bond donors (Lipinski definition) is 1. The molecule has 6 nitrogen and oxygen atoms in total. The quantitative estimate of drug-likeness (QED) is 0.867. The van der Waals surface area contributed by atoms with Crippen LogP contribution in [0.5, 0.6) is 0 Å². The van der Waals surface area contributed by atoms with Crippen LogP contribution in [0.2, 0.25) is 10.0 Å². The van der Waals surface area contributed by atoms with Crippen LogP contribution in [0.3, 0.4) is 0 Å². The lowest BCUT2D eigenvalue weighted by Crippen LogP contribution is -2.30. The Hall–Kier alpha value is -2.18. The van der Waals surface area contributed by atoms with Gasteiger partial charge in [-0.2, -0.15) is 5.10 Å². The average molecular weight is 340 g/mol. The predicted octanol–water partition coefficient (Wildman–Crippen LogP) is 2.39. The molecule has 8 heteroatoms. The zero-order valence-electron chi connectivity index (χ0n) is 11.5. The van der Waals surface area contributed by atoms with E-state index in [4.69, 9.17) is 23.2 Å². The molecule has 0 fully saturated rings. The van der Waals surface area contributed by atoms with Crippen LogP contribution in [-0.2, 0) is 11.3 Å². The van der Waals surface area contributed by atoms with E-state index in [2.05, 4.69) is 10.4 Å². The van der Waals surface area contributed by atoms with Crippen LogP contribution in [-0.4, -0.2) is 21.5 Å². The molecule has 114 valence electrons. The summed E-state index contributed by atoms with van der Waals surface area (Å²) >= 11 is 11.4. The first kappa shape index (κ1) is 16.2. The highest BCUT2D eigenvalue weighted by atomic mass is 35.5. The molecule has 0 spiro atoms. The SMILES string of the molecule is CC(=O)c1ccccc1NC(=O)Cn1ncc(Cl)c(Cl)c1=O. The zero-order valence-corrected chi connectivity index (χ0v) is 13.0. The van der Waals surface area contributed by atoms with Gasteiger partial charge in [0.2, 0.25) is 5.91 Å². The third kappa shape index (κ3) is 3.52. The highest BCUT2D eigenvalue weighted by Crippen LogP contribution is 2.16. The van der Waals surface area contributed by atoms with Gasteiger partial charge in [-0.15, -0.1) is 0 Å². The minimum atomic E-state index is -0.663. The Morgan fingerprint density at radius 2 is 1.95 bits per heavy atom. The largest absolute Gasteiger partial charge is 0.324 e. The van der Waals surface area contributed by atoms with Gasteiger partial charge in [0.1, 0.15) is 11.6 Å². The van der Waals surface area contributed by atoms with Crippen molar-refractivity contribution in [1.29, 1.82) is 0 Å². The Bertz CT molecular complexity index is 802. The fourth-order valence-electron chi connectivity index (χ4n) is 1.78. The van der Waals surface area contributed by atoms with Crippen molar-refractivity contribution in [3.8, 4) is 0 Å². The van der Waals surface area contributed by atoms with Crippen LogP contribution in [0.1, 0.15) is 17.3 Å². The summed E-state index contributed by atoms with van der Waals surface area (Å²) in [5, 5.41) is 6.12. The van der Waals surface area contributed by atoms with Gasteiger partial charge in [-0.3, -0.25) is 14.4 Å². The van der Waals surface area contributed by atoms with Crippen LogP contribution < -0.4 is 10.9 Å². The summed E-state index contributed by atoms with van der Waals surface area (Å²) in [6.07, 6.45) is 1.18. The number of aromatic nitrogens is 2. The second kappa shape index (κ2) is 6.72. The number of benzene rings is 1. The maximum atomic E-state index is 12.0. The molecule has 1 heterocycles. The molecule has 0 aliphatic rings. The number of nitrogens with zero attached hydrogens (tertiary/aromatic N) is 2. The van der Waals surface area contributed by atoms with Gasteiger partial charge in [-0.05, 0) is 19.1 Å². The van der Waals surface area contributed by atoms with Crippen molar-refractivity contribution >= 4 is 40.6 Å². The minimum absolute atomic E-state index is 0.0188. The van der Waals surface area contributed by atoms with Gasteiger partial charge in [0.25, 0.3) is 5.56 Å². The van der Waals surface area contributed by atoms with Crippen LogP contribution >= 0.6 is 23.2 Å². The molecular formula is C14H11Cl2N3O3. The summed E-state index contributed by atoms with van der Waals surface area (Å²) in [6.45, 7) is 1.05. The smallest absolute Gasteiger partial charge is 0.287 e. The third-order valence-electron chi connectivity index (χ3n) is 2.82. The number of Topliss-reactive ketones (excluding diaryl/α,β-unsaturated/α-hetero) is 1. The topological polar surface area (TPSA) is 81.1 Å². The molecule has 0 bridgehead atoms. The number of rotatable bonds is 4. The molecule has 0 saturated heterocycles. The van der Waals surface area contributed by atoms with Gasteiger partial charge < -0.3 is 5.32 Å². The number of carbonyl (C=O) groups excluding carboxylic acids is 2. The van der Waals surface area contributed by atoms with E-state index in [0.717, 1.165) is 4.68 Å². The van der Waals surface area contributed by atoms with Crippen molar-refractivity contribution in [2.45, 2.75) is 13.5 Å². The van der Waals surface area contributed by atoms with E-state index in [1.54, 1.807) is 24.3 Å². The molecule has 2 rings (SSSR count). The lowest BCUT2D eigenvalue weighted by molar-refractivity contribution is -0.117. The maximum absolute atomic E-state index is 12.0. The molecule has 1 aromatic heterocycles. The van der Waals surface area contributed by atoms with E-state index in [1.165, 1.54) is 13.1 Å². The Kier molecular flexibility index (Phi) is 4.95. The molecule has 2 aromatic rings. The van der Waals surface area contributed by atoms with Crippen LogP contribution in [0.4, 0.5) is 5.69 Å². The lowest BCUT2D eigenvalue weighted by Gasteiger charge is -2.10. The monoisotopic (exact) mass is 339 g/mol. The van der Waals surface area contributed by atoms with Crippen molar-refractivity contribution in [3.63, 3.8) is 0 Å². The summed E-state index contributed by atoms with van der Waals surface area (Å²) in [5.41, 5.74) is 0.0857. The van der Waals surface area contributed by atoms with Gasteiger partial charge in [-0.25, -0.2) is 4.68 Å². The number of anilines is 1. The maximum Gasteiger partial charge on any atom is 0.287 e. The molecule has 0 aliphatic heterocycles. The van der Waals surface area contributed by atoms with Crippen molar-refractivity contribution in [2.24, 2.45) is 0 Å². The summed E-state index contributed by atoms with van der Waals surface area (Å²) < 4.78 is 0.889. The Morgan fingerprint density at radius 3 is 2.64 bits per heavy atom. The molecule has 22 heavy (non-hydrogen) atoms. The van der Waals surface area contributed by atoms with Crippen molar-refractivity contribution in [1.82, 2.24) is 9.78 Å². The predicted molar refractivity (Wildman–Crippen MR) is 83.6 cm³/mol. The van der Waals surface area contributed by atoms with Crippen LogP contribution in [0.15, 0.2) is 35.3 Å². The van der Waals surface area contributed by atoms with Crippen molar-refractivity contribution < 1.29 is 9.59 Å². The average Bonchev–Trinajstić information content (AvgIpc) is 2.48. The zero-order chi connectivity index (χ0) is 16.3. The summed E-state index contributed by atoms with van der Waals surface area (Å²) in [4.78, 5) is 35.3. The number of para-hydroxylation sites is 1. The molecule has 0 aliphatic carbocycles. The first-order chi connectivity index (χ1) is 10.4. The first-order valence-corrected chi connectivity index (χ1v) is 6.96. The van der Waals surface area contributed by atoms with Gasteiger partial charge in [0.05, 0.1) is 16.9 Å². The fourth-order valence-corrected chi connectivity index (χ4v) is 2.05. The van der Waals surface area contributed by atoms with Crippen molar-refractivity contribution in [2.75, 3.05) is 5.32 Å². The molecule has 0 atom stereocenters. The van der Waals surface area contributed by atoms with Gasteiger partial charge >= 0.3 is 0 Å². The summed E-state index contributed by atoms with van der Waals surface area (Å²) in [7, 11) is 0. The van der Waals surface area contributed by atoms with E-state index in [0.29, 0.717) is 11.3 Å². The fraction of sp³-hybridized carbons (Fsp3) is 0.143. The number of carbonyl (C=O) groups is 2. The number of nitrogens with one attached hydrogen (secondary N) is 1. The van der Waals surface area contributed by atoms with E-state index in [-0.39, 0.29) is 22.4 Å². The third-order valence-corrected chi connectivity index (χ3v) is 3.56. The van der Waals surface area contributed by atoms with E-state index in [1.807, 2.05) is 0 Å². The number of amides is 1. The minimum Gasteiger partial charge on any atom is -0.324 e. The number of hydrogen-bond acceptors (Lipinski definition) is 4. The molecule has 0 radical (unpaired) electrons. The summed E-state index contributed by atoms with van der Waals surface area (Å²) in [5.74, 6) is -0.692. The normalized spacial score (nSPS) is 10.3. The van der Waals surface area contributed by atoms with E-state index < -0.39 is 11.5 Å². The summed E-state index contributed by atoms with van der Waals surface area (Å²) in [6, 6.07) is 6.57. The first-order valence-electron chi connectivity index (χ1n) is 6.21. The lowest BCUT2D eigenvalue weighted by atomic mass is 10.1. The molecule has 1 N–H and O–H groups in total. The number of halogens is 2. The molecule has 0 unspecified atom stereocenters. The van der Waals surface area contributed by atoms with Gasteiger partial charge in [0, 0.05) is 5.56 Å². The standard InChI is InChI=1S/C14H11Cl2N3O3/c1-8(20)9-4-2-3-5-11(9)18-12(21)7-19-14(22)13(16)10(15)6-17-19/h2-6H,7H2,1H3,(H,18,21). The Morgan fingerprint density at radius 1 is 1.27 bits per heavy atom. The van der Waals surface area contributed by atoms with E-state index >= 15 is 0 Å². The Balaban J connectivity index is 2.20. The van der Waals surface area contributed by atoms with Gasteiger partial charge in [-0.1, -0.05) is 35.3 Å². The highest BCUT2D eigenvalue weighted by Gasteiger charge is 2.13. The van der Waals surface area contributed by atoms with Crippen LogP contribution in [0.25, 0.3) is 0 Å². The Labute approximate surface area is 135 Å². The molecule has 1 amide bonds. The number of ketones is 1. The van der Waals surface area contributed by atoms with Crippen LogP contribution in [0, 0.1) is 0 Å². The highest BCUT2D eigenvalue weighted by molar-refractivity contribution is 6.41.